The van der Waals surface area contributed by atoms with Gasteiger partial charge in [0.1, 0.15) is 11.5 Å². The van der Waals surface area contributed by atoms with Crippen molar-refractivity contribution in [3.8, 4) is 11.5 Å². The second-order valence-electron chi connectivity index (χ2n) is 6.51. The first-order valence-electron chi connectivity index (χ1n) is 8.78. The zero-order chi connectivity index (χ0) is 19.8. The summed E-state index contributed by atoms with van der Waals surface area (Å²) in [6.45, 7) is 0. The van der Waals surface area contributed by atoms with Crippen molar-refractivity contribution >= 4 is 11.9 Å². The van der Waals surface area contributed by atoms with Crippen molar-refractivity contribution in [2.24, 2.45) is 5.73 Å². The molecule has 0 saturated carbocycles. The SMILES string of the molecule is COC(=O)CCc1ccc(Oc2ccc(CC(N)C(=O)N(C)C)cc2)cc1. The maximum Gasteiger partial charge on any atom is 0.305 e. The van der Waals surface area contributed by atoms with Crippen LogP contribution in [0.4, 0.5) is 0 Å². The van der Waals surface area contributed by atoms with E-state index in [1.165, 1.54) is 12.0 Å². The summed E-state index contributed by atoms with van der Waals surface area (Å²) in [7, 11) is 4.78. The van der Waals surface area contributed by atoms with Gasteiger partial charge in [-0.15, -0.1) is 0 Å². The number of hydrogen-bond donors (Lipinski definition) is 1. The fourth-order valence-corrected chi connectivity index (χ4v) is 2.58. The fourth-order valence-electron chi connectivity index (χ4n) is 2.58. The number of ether oxygens (including phenoxy) is 2. The van der Waals surface area contributed by atoms with Crippen molar-refractivity contribution in [1.29, 1.82) is 0 Å². The summed E-state index contributed by atoms with van der Waals surface area (Å²) >= 11 is 0. The van der Waals surface area contributed by atoms with E-state index in [-0.39, 0.29) is 11.9 Å². The van der Waals surface area contributed by atoms with Crippen LogP contribution in [0.15, 0.2) is 48.5 Å². The molecule has 0 heterocycles. The number of hydrogen-bond acceptors (Lipinski definition) is 5. The van der Waals surface area contributed by atoms with Gasteiger partial charge in [-0.05, 0) is 48.2 Å². The Kier molecular flexibility index (Phi) is 7.37. The lowest BCUT2D eigenvalue weighted by Gasteiger charge is -2.16. The van der Waals surface area contributed by atoms with Gasteiger partial charge < -0.3 is 20.1 Å². The van der Waals surface area contributed by atoms with E-state index < -0.39 is 6.04 Å². The van der Waals surface area contributed by atoms with Gasteiger partial charge in [0, 0.05) is 20.5 Å². The maximum absolute atomic E-state index is 11.8. The number of rotatable bonds is 8. The maximum atomic E-state index is 11.8. The lowest BCUT2D eigenvalue weighted by Crippen LogP contribution is -2.41. The molecule has 2 aromatic carbocycles. The molecule has 1 amide bonds. The number of nitrogens with zero attached hydrogens (tertiary/aromatic N) is 1. The summed E-state index contributed by atoms with van der Waals surface area (Å²) in [5.41, 5.74) is 7.95. The van der Waals surface area contributed by atoms with Gasteiger partial charge in [0.2, 0.25) is 5.91 Å². The van der Waals surface area contributed by atoms with E-state index in [2.05, 4.69) is 4.74 Å². The van der Waals surface area contributed by atoms with Crippen molar-refractivity contribution in [1.82, 2.24) is 4.90 Å². The zero-order valence-electron chi connectivity index (χ0n) is 16.0. The summed E-state index contributed by atoms with van der Waals surface area (Å²) in [4.78, 5) is 24.5. The number of nitrogens with two attached hydrogens (primary N) is 1. The predicted molar refractivity (Wildman–Crippen MR) is 104 cm³/mol. The second kappa shape index (κ2) is 9.73. The molecule has 1 atom stereocenters. The second-order valence-corrected chi connectivity index (χ2v) is 6.51. The van der Waals surface area contributed by atoms with Crippen LogP contribution in [-0.4, -0.2) is 44.0 Å². The Morgan fingerprint density at radius 2 is 1.48 bits per heavy atom. The van der Waals surface area contributed by atoms with E-state index in [9.17, 15) is 9.59 Å². The monoisotopic (exact) mass is 370 g/mol. The number of methoxy groups -OCH3 is 1. The summed E-state index contributed by atoms with van der Waals surface area (Å²) < 4.78 is 10.5. The highest BCUT2D eigenvalue weighted by Gasteiger charge is 2.15. The Morgan fingerprint density at radius 3 is 1.96 bits per heavy atom. The smallest absolute Gasteiger partial charge is 0.305 e. The molecule has 0 spiro atoms. The molecule has 2 rings (SSSR count). The number of likely N-dealkylation sites (N-methyl/N-ethyl adjacent to an activating group) is 1. The van der Waals surface area contributed by atoms with Gasteiger partial charge in [0.25, 0.3) is 0 Å². The molecular weight excluding hydrogens is 344 g/mol. The molecule has 1 unspecified atom stereocenters. The molecule has 2 aromatic rings. The highest BCUT2D eigenvalue weighted by atomic mass is 16.5. The van der Waals surface area contributed by atoms with Crippen LogP contribution in [0.2, 0.25) is 0 Å². The standard InChI is InChI=1S/C21H26N2O4/c1-23(2)21(25)19(22)14-16-6-11-18(12-7-16)27-17-9-4-15(5-10-17)8-13-20(24)26-3/h4-7,9-12,19H,8,13-14,22H2,1-3H3. The molecule has 27 heavy (non-hydrogen) atoms. The molecule has 0 aliphatic rings. The number of amides is 1. The first-order valence-corrected chi connectivity index (χ1v) is 8.78. The molecule has 0 radical (unpaired) electrons. The molecule has 2 N–H and O–H groups in total. The van der Waals surface area contributed by atoms with Gasteiger partial charge in [-0.25, -0.2) is 0 Å². The van der Waals surface area contributed by atoms with Crippen molar-refractivity contribution < 1.29 is 19.1 Å². The Balaban J connectivity index is 1.90. The third-order valence-corrected chi connectivity index (χ3v) is 4.14. The normalized spacial score (nSPS) is 11.6. The highest BCUT2D eigenvalue weighted by molar-refractivity contribution is 5.81. The predicted octanol–water partition coefficient (Wildman–Crippen LogP) is 2.54. The van der Waals surface area contributed by atoms with Crippen LogP contribution in [0.5, 0.6) is 11.5 Å². The zero-order valence-corrected chi connectivity index (χ0v) is 16.0. The van der Waals surface area contributed by atoms with E-state index >= 15 is 0 Å². The average molecular weight is 370 g/mol. The summed E-state index contributed by atoms with van der Waals surface area (Å²) in [5, 5.41) is 0. The topological polar surface area (TPSA) is 81.9 Å². The molecule has 0 aliphatic carbocycles. The third kappa shape index (κ3) is 6.42. The van der Waals surface area contributed by atoms with Gasteiger partial charge in [-0.1, -0.05) is 24.3 Å². The Labute approximate surface area is 159 Å². The van der Waals surface area contributed by atoms with Gasteiger partial charge in [0.15, 0.2) is 0 Å². The molecular formula is C21H26N2O4. The lowest BCUT2D eigenvalue weighted by atomic mass is 10.1. The van der Waals surface area contributed by atoms with Crippen molar-refractivity contribution in [3.05, 3.63) is 59.7 Å². The minimum Gasteiger partial charge on any atom is -0.469 e. The minimum atomic E-state index is -0.552. The molecule has 0 bridgehead atoms. The van der Waals surface area contributed by atoms with E-state index in [0.717, 1.165) is 11.1 Å². The molecule has 0 fully saturated rings. The largest absolute Gasteiger partial charge is 0.469 e. The van der Waals surface area contributed by atoms with Crippen LogP contribution in [0.1, 0.15) is 17.5 Å². The molecule has 6 heteroatoms. The molecule has 0 saturated heterocycles. The van der Waals surface area contributed by atoms with Gasteiger partial charge in [-0.2, -0.15) is 0 Å². The average Bonchev–Trinajstić information content (AvgIpc) is 2.67. The summed E-state index contributed by atoms with van der Waals surface area (Å²) in [6.07, 6.45) is 1.47. The minimum absolute atomic E-state index is 0.0948. The van der Waals surface area contributed by atoms with Crippen LogP contribution in [0.3, 0.4) is 0 Å². The summed E-state index contributed by atoms with van der Waals surface area (Å²) in [6, 6.07) is 14.6. The third-order valence-electron chi connectivity index (χ3n) is 4.14. The number of benzene rings is 2. The fraction of sp³-hybridized carbons (Fsp3) is 0.333. The first kappa shape index (κ1) is 20.5. The van der Waals surface area contributed by atoms with Crippen molar-refractivity contribution in [2.45, 2.75) is 25.3 Å². The van der Waals surface area contributed by atoms with Crippen LogP contribution in [-0.2, 0) is 27.2 Å². The van der Waals surface area contributed by atoms with Gasteiger partial charge >= 0.3 is 5.97 Å². The van der Waals surface area contributed by atoms with E-state index in [1.54, 1.807) is 14.1 Å². The Bertz CT molecular complexity index is 755. The van der Waals surface area contributed by atoms with E-state index in [1.807, 2.05) is 48.5 Å². The van der Waals surface area contributed by atoms with Gasteiger partial charge in [-0.3, -0.25) is 9.59 Å². The first-order chi connectivity index (χ1) is 12.9. The van der Waals surface area contributed by atoms with Crippen LogP contribution < -0.4 is 10.5 Å². The Hall–Kier alpha value is -2.86. The van der Waals surface area contributed by atoms with Gasteiger partial charge in [0.05, 0.1) is 13.2 Å². The lowest BCUT2D eigenvalue weighted by molar-refractivity contribution is -0.140. The highest BCUT2D eigenvalue weighted by Crippen LogP contribution is 2.23. The Morgan fingerprint density at radius 1 is 0.963 bits per heavy atom. The summed E-state index contributed by atoms with van der Waals surface area (Å²) in [5.74, 6) is 1.10. The van der Waals surface area contributed by atoms with Crippen LogP contribution in [0.25, 0.3) is 0 Å². The number of aryl methyl sites for hydroxylation is 1. The number of carbonyl (C=O) groups excluding carboxylic acids is 2. The molecule has 0 aliphatic heterocycles. The van der Waals surface area contributed by atoms with E-state index in [0.29, 0.717) is 30.8 Å². The molecule has 144 valence electrons. The molecule has 6 nitrogen and oxygen atoms in total. The van der Waals surface area contributed by atoms with Crippen LogP contribution in [0, 0.1) is 0 Å². The van der Waals surface area contributed by atoms with Crippen LogP contribution >= 0.6 is 0 Å². The molecule has 0 aromatic heterocycles. The number of carbonyl (C=O) groups is 2. The van der Waals surface area contributed by atoms with E-state index in [4.69, 9.17) is 10.5 Å². The van der Waals surface area contributed by atoms with Crippen molar-refractivity contribution in [2.75, 3.05) is 21.2 Å². The quantitative estimate of drug-likeness (QED) is 0.722. The van der Waals surface area contributed by atoms with Crippen molar-refractivity contribution in [3.63, 3.8) is 0 Å². The number of esters is 1.